The van der Waals surface area contributed by atoms with E-state index in [0.717, 1.165) is 21.1 Å². The molecular weight excluding hydrogens is 268 g/mol. The predicted molar refractivity (Wildman–Crippen MR) is 74.5 cm³/mol. The van der Waals surface area contributed by atoms with Gasteiger partial charge in [-0.05, 0) is 35.9 Å². The van der Waals surface area contributed by atoms with Crippen LogP contribution in [-0.4, -0.2) is 12.2 Å². The molecule has 0 aromatic heterocycles. The van der Waals surface area contributed by atoms with Gasteiger partial charge in [0, 0.05) is 9.92 Å². The van der Waals surface area contributed by atoms with Crippen molar-refractivity contribution in [2.45, 2.75) is 16.4 Å². The highest BCUT2D eigenvalue weighted by atomic mass is 35.5. The van der Waals surface area contributed by atoms with E-state index in [4.69, 9.17) is 16.3 Å². The number of aliphatic hydroxyl groups excluding tert-OH is 1. The topological polar surface area (TPSA) is 29.5 Å². The smallest absolute Gasteiger partial charge is 0.132 e. The van der Waals surface area contributed by atoms with E-state index >= 15 is 0 Å². The molecule has 0 aliphatic rings. The summed E-state index contributed by atoms with van der Waals surface area (Å²) in [5.41, 5.74) is 0.818. The SMILES string of the molecule is COc1ccccc1Sc1ccc(Cl)cc1CO. The van der Waals surface area contributed by atoms with Crippen molar-refractivity contribution in [2.75, 3.05) is 7.11 Å². The van der Waals surface area contributed by atoms with Gasteiger partial charge >= 0.3 is 0 Å². The fourth-order valence-corrected chi connectivity index (χ4v) is 2.81. The Morgan fingerprint density at radius 1 is 1.17 bits per heavy atom. The van der Waals surface area contributed by atoms with Crippen molar-refractivity contribution >= 4 is 23.4 Å². The second-order valence-corrected chi connectivity index (χ2v) is 5.18. The Bertz CT molecular complexity index is 543. The van der Waals surface area contributed by atoms with Crippen LogP contribution in [0.4, 0.5) is 0 Å². The Balaban J connectivity index is 2.33. The standard InChI is InChI=1S/C14H13ClO2S/c1-17-12-4-2-3-5-14(12)18-13-7-6-11(15)8-10(13)9-16/h2-8,16H,9H2,1H3. The lowest BCUT2D eigenvalue weighted by Crippen LogP contribution is -1.89. The van der Waals surface area contributed by atoms with Gasteiger partial charge in [-0.3, -0.25) is 0 Å². The Kier molecular flexibility index (Phi) is 4.53. The molecule has 2 rings (SSSR count). The minimum Gasteiger partial charge on any atom is -0.496 e. The molecule has 0 heterocycles. The average molecular weight is 281 g/mol. The minimum atomic E-state index is -0.0297. The molecule has 0 unspecified atom stereocenters. The molecule has 2 aromatic carbocycles. The number of hydrogen-bond acceptors (Lipinski definition) is 3. The van der Waals surface area contributed by atoms with E-state index in [0.29, 0.717) is 5.02 Å². The van der Waals surface area contributed by atoms with Crippen molar-refractivity contribution in [3.63, 3.8) is 0 Å². The van der Waals surface area contributed by atoms with Gasteiger partial charge in [-0.15, -0.1) is 0 Å². The van der Waals surface area contributed by atoms with Crippen LogP contribution in [0.1, 0.15) is 5.56 Å². The number of hydrogen-bond donors (Lipinski definition) is 1. The van der Waals surface area contributed by atoms with Gasteiger partial charge in [0.05, 0.1) is 18.6 Å². The third kappa shape index (κ3) is 2.99. The van der Waals surface area contributed by atoms with Gasteiger partial charge in [-0.2, -0.15) is 0 Å². The van der Waals surface area contributed by atoms with Crippen molar-refractivity contribution in [1.29, 1.82) is 0 Å². The van der Waals surface area contributed by atoms with Crippen LogP contribution in [0.25, 0.3) is 0 Å². The molecule has 0 fully saturated rings. The van der Waals surface area contributed by atoms with Gasteiger partial charge in [-0.25, -0.2) is 0 Å². The predicted octanol–water partition coefficient (Wildman–Crippen LogP) is 3.99. The maximum atomic E-state index is 9.34. The Hall–Kier alpha value is -1.16. The first-order valence-electron chi connectivity index (χ1n) is 5.44. The van der Waals surface area contributed by atoms with Crippen molar-refractivity contribution in [3.05, 3.63) is 53.1 Å². The molecule has 94 valence electrons. The van der Waals surface area contributed by atoms with Crippen molar-refractivity contribution < 1.29 is 9.84 Å². The number of halogens is 1. The van der Waals surface area contributed by atoms with E-state index in [1.165, 1.54) is 0 Å². The molecule has 0 saturated heterocycles. The zero-order valence-corrected chi connectivity index (χ0v) is 11.5. The highest BCUT2D eigenvalue weighted by Crippen LogP contribution is 2.37. The van der Waals surface area contributed by atoms with Gasteiger partial charge in [0.1, 0.15) is 5.75 Å². The molecule has 2 nitrogen and oxygen atoms in total. The second-order valence-electron chi connectivity index (χ2n) is 3.66. The number of para-hydroxylation sites is 1. The van der Waals surface area contributed by atoms with Crippen LogP contribution in [0.3, 0.4) is 0 Å². The first-order chi connectivity index (χ1) is 8.74. The van der Waals surface area contributed by atoms with Crippen LogP contribution in [0, 0.1) is 0 Å². The van der Waals surface area contributed by atoms with Crippen molar-refractivity contribution in [2.24, 2.45) is 0 Å². The van der Waals surface area contributed by atoms with Gasteiger partial charge in [-0.1, -0.05) is 35.5 Å². The summed E-state index contributed by atoms with van der Waals surface area (Å²) in [6.07, 6.45) is 0. The third-order valence-corrected chi connectivity index (χ3v) is 3.89. The van der Waals surface area contributed by atoms with Gasteiger partial charge in [0.2, 0.25) is 0 Å². The van der Waals surface area contributed by atoms with Crippen LogP contribution in [0.2, 0.25) is 5.02 Å². The molecule has 0 spiro atoms. The monoisotopic (exact) mass is 280 g/mol. The number of ether oxygens (including phenoxy) is 1. The summed E-state index contributed by atoms with van der Waals surface area (Å²) in [5, 5.41) is 9.97. The fourth-order valence-electron chi connectivity index (χ4n) is 1.59. The van der Waals surface area contributed by atoms with Crippen LogP contribution in [0.15, 0.2) is 52.3 Å². The maximum absolute atomic E-state index is 9.34. The van der Waals surface area contributed by atoms with E-state index in [1.54, 1.807) is 24.9 Å². The molecule has 2 aromatic rings. The first-order valence-corrected chi connectivity index (χ1v) is 6.64. The second kappa shape index (κ2) is 6.14. The lowest BCUT2D eigenvalue weighted by atomic mass is 10.2. The molecule has 0 radical (unpaired) electrons. The van der Waals surface area contributed by atoms with Crippen LogP contribution in [0.5, 0.6) is 5.75 Å². The van der Waals surface area contributed by atoms with Gasteiger partial charge < -0.3 is 9.84 Å². The summed E-state index contributed by atoms with van der Waals surface area (Å²) in [5.74, 6) is 0.821. The van der Waals surface area contributed by atoms with Gasteiger partial charge in [0.25, 0.3) is 0 Å². The van der Waals surface area contributed by atoms with E-state index in [1.807, 2.05) is 36.4 Å². The highest BCUT2D eigenvalue weighted by molar-refractivity contribution is 7.99. The summed E-state index contributed by atoms with van der Waals surface area (Å²) >= 11 is 7.47. The molecule has 0 bridgehead atoms. The van der Waals surface area contributed by atoms with Gasteiger partial charge in [0.15, 0.2) is 0 Å². The third-order valence-electron chi connectivity index (χ3n) is 2.48. The molecule has 1 N–H and O–H groups in total. The molecule has 0 saturated carbocycles. The summed E-state index contributed by atoms with van der Waals surface area (Å²) in [6.45, 7) is -0.0297. The van der Waals surface area contributed by atoms with E-state index in [-0.39, 0.29) is 6.61 Å². The molecule has 0 amide bonds. The Morgan fingerprint density at radius 3 is 2.67 bits per heavy atom. The number of rotatable bonds is 4. The number of benzene rings is 2. The normalized spacial score (nSPS) is 10.4. The lowest BCUT2D eigenvalue weighted by Gasteiger charge is -2.10. The number of aliphatic hydroxyl groups is 1. The first kappa shape index (κ1) is 13.3. The van der Waals surface area contributed by atoms with Crippen molar-refractivity contribution in [1.82, 2.24) is 0 Å². The summed E-state index contributed by atoms with van der Waals surface area (Å²) in [6, 6.07) is 13.3. The van der Waals surface area contributed by atoms with Crippen molar-refractivity contribution in [3.8, 4) is 5.75 Å². The molecule has 4 heteroatoms. The minimum absolute atomic E-state index is 0.0297. The quantitative estimate of drug-likeness (QED) is 0.918. The van der Waals surface area contributed by atoms with Crippen LogP contribution in [-0.2, 0) is 6.61 Å². The largest absolute Gasteiger partial charge is 0.496 e. The molecule has 18 heavy (non-hydrogen) atoms. The fraction of sp³-hybridized carbons (Fsp3) is 0.143. The van der Waals surface area contributed by atoms with E-state index in [9.17, 15) is 5.11 Å². The maximum Gasteiger partial charge on any atom is 0.132 e. The molecule has 0 atom stereocenters. The molecule has 0 aliphatic heterocycles. The summed E-state index contributed by atoms with van der Waals surface area (Å²) in [7, 11) is 1.65. The zero-order chi connectivity index (χ0) is 13.0. The van der Waals surface area contributed by atoms with E-state index in [2.05, 4.69) is 0 Å². The van der Waals surface area contributed by atoms with Crippen LogP contribution >= 0.6 is 23.4 Å². The summed E-state index contributed by atoms with van der Waals surface area (Å²) < 4.78 is 5.31. The number of methoxy groups -OCH3 is 1. The summed E-state index contributed by atoms with van der Waals surface area (Å²) in [4.78, 5) is 1.99. The molecular formula is C14H13ClO2S. The Morgan fingerprint density at radius 2 is 1.94 bits per heavy atom. The molecule has 0 aliphatic carbocycles. The van der Waals surface area contributed by atoms with Crippen LogP contribution < -0.4 is 4.74 Å². The lowest BCUT2D eigenvalue weighted by molar-refractivity contribution is 0.279. The highest BCUT2D eigenvalue weighted by Gasteiger charge is 2.08. The Labute approximate surface area is 116 Å². The van der Waals surface area contributed by atoms with E-state index < -0.39 is 0 Å². The average Bonchev–Trinajstić information content (AvgIpc) is 2.41. The zero-order valence-electron chi connectivity index (χ0n) is 9.89.